The topological polar surface area (TPSA) is 40.5 Å². The summed E-state index contributed by atoms with van der Waals surface area (Å²) in [6.07, 6.45) is 14.2. The second-order valence-corrected chi connectivity index (χ2v) is 12.3. The SMILES string of the molecule is CC12CCC(O)CC1CCC1C2CCC2(C)C(CC(O)CCc3ccccc3)CCC12. The van der Waals surface area contributed by atoms with E-state index in [-0.39, 0.29) is 12.2 Å². The first kappa shape index (κ1) is 22.0. The van der Waals surface area contributed by atoms with Crippen LogP contribution in [0, 0.1) is 40.4 Å². The average Bonchev–Trinajstić information content (AvgIpc) is 3.10. The predicted molar refractivity (Wildman–Crippen MR) is 127 cm³/mol. The van der Waals surface area contributed by atoms with E-state index in [0.717, 1.165) is 55.8 Å². The molecule has 0 aromatic heterocycles. The molecule has 0 spiro atoms. The van der Waals surface area contributed by atoms with Crippen molar-refractivity contribution in [3.05, 3.63) is 35.9 Å². The molecule has 0 aliphatic heterocycles. The monoisotopic (exact) mass is 424 g/mol. The highest BCUT2D eigenvalue weighted by Crippen LogP contribution is 2.67. The number of aryl methyl sites for hydroxylation is 1. The van der Waals surface area contributed by atoms with E-state index in [1.807, 2.05) is 0 Å². The van der Waals surface area contributed by atoms with Gasteiger partial charge in [0, 0.05) is 0 Å². The fourth-order valence-electron chi connectivity index (χ4n) is 9.16. The van der Waals surface area contributed by atoms with E-state index in [9.17, 15) is 10.2 Å². The molecule has 4 fully saturated rings. The van der Waals surface area contributed by atoms with Gasteiger partial charge in [-0.15, -0.1) is 0 Å². The molecule has 9 atom stereocenters. The van der Waals surface area contributed by atoms with E-state index >= 15 is 0 Å². The lowest BCUT2D eigenvalue weighted by Gasteiger charge is -2.61. The standard InChI is InChI=1S/C29H44O2/c1-28-16-14-24(31)19-21(28)9-12-25-26-13-10-22(29(26,2)17-15-27(25)28)18-23(30)11-8-20-6-4-3-5-7-20/h3-7,21-27,30-31H,8-19H2,1-2H3. The van der Waals surface area contributed by atoms with Crippen molar-refractivity contribution in [1.82, 2.24) is 0 Å². The van der Waals surface area contributed by atoms with Crippen LogP contribution in [0.15, 0.2) is 30.3 Å². The molecular weight excluding hydrogens is 380 g/mol. The summed E-state index contributed by atoms with van der Waals surface area (Å²) in [7, 11) is 0. The van der Waals surface area contributed by atoms with Gasteiger partial charge in [0.1, 0.15) is 0 Å². The molecule has 0 amide bonds. The summed E-state index contributed by atoms with van der Waals surface area (Å²) < 4.78 is 0. The van der Waals surface area contributed by atoms with E-state index in [1.165, 1.54) is 50.5 Å². The minimum absolute atomic E-state index is 0.0447. The van der Waals surface area contributed by atoms with Crippen LogP contribution >= 0.6 is 0 Å². The third-order valence-electron chi connectivity index (χ3n) is 11.0. The summed E-state index contributed by atoms with van der Waals surface area (Å²) in [6, 6.07) is 10.6. The third-order valence-corrected chi connectivity index (χ3v) is 11.0. The van der Waals surface area contributed by atoms with E-state index < -0.39 is 0 Å². The largest absolute Gasteiger partial charge is 0.393 e. The smallest absolute Gasteiger partial charge is 0.0546 e. The Hall–Kier alpha value is -0.860. The maximum atomic E-state index is 10.9. The highest BCUT2D eigenvalue weighted by Gasteiger charge is 2.60. The summed E-state index contributed by atoms with van der Waals surface area (Å²) >= 11 is 0. The van der Waals surface area contributed by atoms with Gasteiger partial charge in [0.15, 0.2) is 0 Å². The van der Waals surface area contributed by atoms with Gasteiger partial charge in [0.05, 0.1) is 12.2 Å². The molecule has 172 valence electrons. The normalized spacial score (nSPS) is 45.4. The Morgan fingerprint density at radius 2 is 1.65 bits per heavy atom. The number of hydrogen-bond donors (Lipinski definition) is 2. The Balaban J connectivity index is 1.24. The van der Waals surface area contributed by atoms with Crippen LogP contribution in [0.2, 0.25) is 0 Å². The maximum absolute atomic E-state index is 10.9. The maximum Gasteiger partial charge on any atom is 0.0546 e. The first-order valence-electron chi connectivity index (χ1n) is 13.3. The zero-order chi connectivity index (χ0) is 21.6. The number of aliphatic hydroxyl groups excluding tert-OH is 2. The number of aliphatic hydroxyl groups is 2. The summed E-state index contributed by atoms with van der Waals surface area (Å²) in [6.45, 7) is 5.18. The minimum Gasteiger partial charge on any atom is -0.393 e. The lowest BCUT2D eigenvalue weighted by Crippen LogP contribution is -2.54. The van der Waals surface area contributed by atoms with E-state index in [1.54, 1.807) is 0 Å². The first-order valence-corrected chi connectivity index (χ1v) is 13.3. The van der Waals surface area contributed by atoms with Crippen molar-refractivity contribution >= 4 is 0 Å². The summed E-state index contributed by atoms with van der Waals surface area (Å²) in [4.78, 5) is 0. The van der Waals surface area contributed by atoms with Crippen molar-refractivity contribution in [2.75, 3.05) is 0 Å². The van der Waals surface area contributed by atoms with Crippen LogP contribution in [0.25, 0.3) is 0 Å². The van der Waals surface area contributed by atoms with Crippen LogP contribution in [-0.2, 0) is 6.42 Å². The van der Waals surface area contributed by atoms with Crippen molar-refractivity contribution < 1.29 is 10.2 Å². The van der Waals surface area contributed by atoms with Crippen LogP contribution in [0.5, 0.6) is 0 Å². The highest BCUT2D eigenvalue weighted by molar-refractivity contribution is 5.15. The van der Waals surface area contributed by atoms with E-state index in [4.69, 9.17) is 0 Å². The van der Waals surface area contributed by atoms with Gasteiger partial charge >= 0.3 is 0 Å². The van der Waals surface area contributed by atoms with Crippen LogP contribution < -0.4 is 0 Å². The molecule has 0 bridgehead atoms. The van der Waals surface area contributed by atoms with Crippen molar-refractivity contribution in [3.8, 4) is 0 Å². The van der Waals surface area contributed by atoms with Crippen molar-refractivity contribution in [1.29, 1.82) is 0 Å². The van der Waals surface area contributed by atoms with Gasteiger partial charge in [0.25, 0.3) is 0 Å². The summed E-state index contributed by atoms with van der Waals surface area (Å²) in [5.74, 6) is 4.07. The Bertz CT molecular complexity index is 746. The third kappa shape index (κ3) is 3.90. The number of hydrogen-bond acceptors (Lipinski definition) is 2. The molecule has 5 rings (SSSR count). The Kier molecular flexibility index (Phi) is 6.01. The van der Waals surface area contributed by atoms with Crippen LogP contribution in [0.3, 0.4) is 0 Å². The fourth-order valence-corrected chi connectivity index (χ4v) is 9.16. The second-order valence-electron chi connectivity index (χ2n) is 12.3. The lowest BCUT2D eigenvalue weighted by molar-refractivity contribution is -0.128. The molecule has 2 nitrogen and oxygen atoms in total. The van der Waals surface area contributed by atoms with Gasteiger partial charge in [-0.2, -0.15) is 0 Å². The highest BCUT2D eigenvalue weighted by atomic mass is 16.3. The quantitative estimate of drug-likeness (QED) is 0.575. The molecule has 9 unspecified atom stereocenters. The van der Waals surface area contributed by atoms with Crippen LogP contribution in [0.4, 0.5) is 0 Å². The van der Waals surface area contributed by atoms with Crippen molar-refractivity contribution in [3.63, 3.8) is 0 Å². The number of rotatable bonds is 5. The molecule has 1 aromatic rings. The molecule has 4 aliphatic carbocycles. The Morgan fingerprint density at radius 1 is 0.903 bits per heavy atom. The molecule has 0 heterocycles. The molecule has 0 radical (unpaired) electrons. The number of fused-ring (bicyclic) bond motifs is 5. The van der Waals surface area contributed by atoms with Gasteiger partial charge in [-0.3, -0.25) is 0 Å². The zero-order valence-corrected chi connectivity index (χ0v) is 19.8. The first-order chi connectivity index (χ1) is 14.9. The fraction of sp³-hybridized carbons (Fsp3) is 0.793. The second kappa shape index (κ2) is 8.49. The van der Waals surface area contributed by atoms with Crippen molar-refractivity contribution in [2.24, 2.45) is 40.4 Å². The lowest BCUT2D eigenvalue weighted by atomic mass is 9.44. The van der Waals surface area contributed by atoms with E-state index in [0.29, 0.717) is 16.7 Å². The molecule has 1 aromatic carbocycles. The van der Waals surface area contributed by atoms with Gasteiger partial charge < -0.3 is 10.2 Å². The zero-order valence-electron chi connectivity index (χ0n) is 19.8. The van der Waals surface area contributed by atoms with Gasteiger partial charge in [-0.05, 0) is 123 Å². The molecular formula is C29H44O2. The van der Waals surface area contributed by atoms with E-state index in [2.05, 4.69) is 44.2 Å². The molecule has 0 saturated heterocycles. The molecule has 4 saturated carbocycles. The van der Waals surface area contributed by atoms with Crippen LogP contribution in [0.1, 0.15) is 90.0 Å². The Labute approximate surface area is 189 Å². The van der Waals surface area contributed by atoms with Crippen LogP contribution in [-0.4, -0.2) is 22.4 Å². The van der Waals surface area contributed by atoms with Gasteiger partial charge in [-0.25, -0.2) is 0 Å². The minimum atomic E-state index is -0.161. The summed E-state index contributed by atoms with van der Waals surface area (Å²) in [5.41, 5.74) is 2.25. The predicted octanol–water partition coefficient (Wildman–Crippen LogP) is 6.39. The molecule has 31 heavy (non-hydrogen) atoms. The van der Waals surface area contributed by atoms with Gasteiger partial charge in [0.2, 0.25) is 0 Å². The average molecular weight is 425 g/mol. The molecule has 2 heteroatoms. The van der Waals surface area contributed by atoms with Crippen molar-refractivity contribution in [2.45, 2.75) is 103 Å². The Morgan fingerprint density at radius 3 is 2.45 bits per heavy atom. The number of benzene rings is 1. The molecule has 2 N–H and O–H groups in total. The van der Waals surface area contributed by atoms with Gasteiger partial charge in [-0.1, -0.05) is 44.2 Å². The summed E-state index contributed by atoms with van der Waals surface area (Å²) in [5, 5.41) is 21.2. The molecule has 4 aliphatic rings.